The van der Waals surface area contributed by atoms with Crippen LogP contribution < -0.4 is 11.5 Å². The van der Waals surface area contributed by atoms with Crippen molar-refractivity contribution in [2.75, 3.05) is 11.5 Å². The molecule has 0 radical (unpaired) electrons. The van der Waals surface area contributed by atoms with E-state index in [2.05, 4.69) is 13.2 Å². The third-order valence-corrected chi connectivity index (χ3v) is 3.75. The Morgan fingerprint density at radius 1 is 0.700 bits per heavy atom. The van der Waals surface area contributed by atoms with Crippen molar-refractivity contribution in [2.45, 2.75) is 0 Å². The molecule has 0 heterocycles. The van der Waals surface area contributed by atoms with E-state index in [0.717, 1.165) is 44.0 Å². The van der Waals surface area contributed by atoms with Crippen molar-refractivity contribution in [3.63, 3.8) is 0 Å². The van der Waals surface area contributed by atoms with Crippen LogP contribution in [0.5, 0.6) is 0 Å². The maximum Gasteiger partial charge on any atom is 0.0481 e. The van der Waals surface area contributed by atoms with Gasteiger partial charge in [-0.25, -0.2) is 0 Å². The highest BCUT2D eigenvalue weighted by Gasteiger charge is 2.13. The number of hydrogen-bond acceptors (Lipinski definition) is 2. The Hall–Kier alpha value is -2.74. The van der Waals surface area contributed by atoms with Crippen LogP contribution in [0.1, 0.15) is 11.1 Å². The summed E-state index contributed by atoms with van der Waals surface area (Å²) < 4.78 is 0. The van der Waals surface area contributed by atoms with Crippen LogP contribution in [0.2, 0.25) is 0 Å². The average Bonchev–Trinajstić information content (AvgIpc) is 2.50. The second-order valence-corrected chi connectivity index (χ2v) is 4.78. The number of nitrogens with two attached hydrogens (primary N) is 2. The monoisotopic (exact) mass is 260 g/mol. The summed E-state index contributed by atoms with van der Waals surface area (Å²) >= 11 is 0. The summed E-state index contributed by atoms with van der Waals surface area (Å²) in [5.41, 5.74) is 16.2. The van der Waals surface area contributed by atoms with Gasteiger partial charge in [-0.05, 0) is 11.1 Å². The van der Waals surface area contributed by atoms with Gasteiger partial charge in [-0.3, -0.25) is 0 Å². The van der Waals surface area contributed by atoms with Gasteiger partial charge < -0.3 is 11.5 Å². The molecular weight excluding hydrogens is 244 g/mol. The smallest absolute Gasteiger partial charge is 0.0481 e. The Kier molecular flexibility index (Phi) is 2.72. The van der Waals surface area contributed by atoms with Crippen LogP contribution in [-0.2, 0) is 0 Å². The molecule has 0 aromatic heterocycles. The van der Waals surface area contributed by atoms with E-state index in [0.29, 0.717) is 0 Å². The summed E-state index contributed by atoms with van der Waals surface area (Å²) in [6, 6.07) is 11.9. The van der Waals surface area contributed by atoms with Crippen molar-refractivity contribution in [3.8, 4) is 0 Å². The highest BCUT2D eigenvalue weighted by molar-refractivity contribution is 6.21. The molecule has 0 atom stereocenters. The number of nitrogen functional groups attached to an aromatic ring is 2. The Bertz CT molecular complexity index is 787. The van der Waals surface area contributed by atoms with Gasteiger partial charge in [0.1, 0.15) is 0 Å². The first kappa shape index (κ1) is 12.3. The molecule has 3 aromatic rings. The fourth-order valence-electron chi connectivity index (χ4n) is 2.80. The van der Waals surface area contributed by atoms with Crippen LogP contribution in [-0.4, -0.2) is 0 Å². The maximum atomic E-state index is 6.39. The van der Waals surface area contributed by atoms with E-state index in [9.17, 15) is 0 Å². The zero-order valence-electron chi connectivity index (χ0n) is 11.2. The first-order chi connectivity index (χ1) is 9.69. The lowest BCUT2D eigenvalue weighted by Gasteiger charge is -2.15. The quantitative estimate of drug-likeness (QED) is 0.406. The Balaban J connectivity index is 2.68. The molecule has 0 amide bonds. The summed E-state index contributed by atoms with van der Waals surface area (Å²) in [6.07, 6.45) is 3.61. The summed E-state index contributed by atoms with van der Waals surface area (Å²) in [5, 5.41) is 3.85. The van der Waals surface area contributed by atoms with Crippen LogP contribution in [0, 0.1) is 0 Å². The third-order valence-electron chi connectivity index (χ3n) is 3.75. The molecule has 0 fully saturated rings. The first-order valence-corrected chi connectivity index (χ1v) is 6.46. The van der Waals surface area contributed by atoms with Gasteiger partial charge in [0.15, 0.2) is 0 Å². The van der Waals surface area contributed by atoms with Crippen molar-refractivity contribution >= 4 is 45.1 Å². The van der Waals surface area contributed by atoms with E-state index >= 15 is 0 Å². The largest absolute Gasteiger partial charge is 0.398 e. The van der Waals surface area contributed by atoms with Crippen LogP contribution in [0.15, 0.2) is 49.6 Å². The predicted molar refractivity (Wildman–Crippen MR) is 90.5 cm³/mol. The lowest BCUT2D eigenvalue weighted by atomic mass is 9.93. The van der Waals surface area contributed by atoms with Crippen LogP contribution in [0.4, 0.5) is 11.4 Å². The molecule has 0 spiro atoms. The minimum Gasteiger partial charge on any atom is -0.398 e. The molecule has 0 unspecified atom stereocenters. The standard InChI is InChI=1S/C18H16N2/c1-3-11-7-5-9-13-15(11)17(19)14-10-6-8-12(4-2)16(14)18(13)20/h3-10H,1-2,19-20H2. The van der Waals surface area contributed by atoms with Gasteiger partial charge in [-0.15, -0.1) is 0 Å². The second kappa shape index (κ2) is 4.42. The van der Waals surface area contributed by atoms with E-state index in [1.54, 1.807) is 12.2 Å². The van der Waals surface area contributed by atoms with Gasteiger partial charge in [0.2, 0.25) is 0 Å². The van der Waals surface area contributed by atoms with Crippen LogP contribution in [0.25, 0.3) is 33.7 Å². The summed E-state index contributed by atoms with van der Waals surface area (Å²) in [6.45, 7) is 7.71. The Morgan fingerprint density at radius 3 is 1.45 bits per heavy atom. The zero-order chi connectivity index (χ0) is 14.3. The third kappa shape index (κ3) is 1.51. The minimum atomic E-state index is 0.739. The number of rotatable bonds is 2. The van der Waals surface area contributed by atoms with Crippen LogP contribution in [0.3, 0.4) is 0 Å². The van der Waals surface area contributed by atoms with E-state index in [-0.39, 0.29) is 0 Å². The van der Waals surface area contributed by atoms with Crippen molar-refractivity contribution in [1.82, 2.24) is 0 Å². The number of hydrogen-bond donors (Lipinski definition) is 2. The predicted octanol–water partition coefficient (Wildman–Crippen LogP) is 4.44. The SMILES string of the molecule is C=Cc1cccc2c(N)c3c(C=C)cccc3c(N)c12. The van der Waals surface area contributed by atoms with Gasteiger partial charge in [0, 0.05) is 32.9 Å². The Morgan fingerprint density at radius 2 is 1.10 bits per heavy atom. The molecule has 0 aliphatic carbocycles. The molecule has 3 rings (SSSR count). The maximum absolute atomic E-state index is 6.39. The average molecular weight is 260 g/mol. The second-order valence-electron chi connectivity index (χ2n) is 4.78. The highest BCUT2D eigenvalue weighted by atomic mass is 14.6. The van der Waals surface area contributed by atoms with Gasteiger partial charge in [-0.2, -0.15) is 0 Å². The lowest BCUT2D eigenvalue weighted by Crippen LogP contribution is -1.98. The molecule has 4 N–H and O–H groups in total. The zero-order valence-corrected chi connectivity index (χ0v) is 11.2. The molecule has 20 heavy (non-hydrogen) atoms. The molecule has 0 saturated carbocycles. The molecule has 0 aliphatic heterocycles. The molecule has 0 aliphatic rings. The topological polar surface area (TPSA) is 52.0 Å². The number of benzene rings is 3. The van der Waals surface area contributed by atoms with Crippen molar-refractivity contribution in [2.24, 2.45) is 0 Å². The van der Waals surface area contributed by atoms with Crippen molar-refractivity contribution < 1.29 is 0 Å². The summed E-state index contributed by atoms with van der Waals surface area (Å²) in [4.78, 5) is 0. The van der Waals surface area contributed by atoms with Gasteiger partial charge in [0.05, 0.1) is 0 Å². The number of anilines is 2. The van der Waals surface area contributed by atoms with Crippen molar-refractivity contribution in [1.29, 1.82) is 0 Å². The lowest BCUT2D eigenvalue weighted by molar-refractivity contribution is 1.70. The molecule has 2 nitrogen and oxygen atoms in total. The van der Waals surface area contributed by atoms with Gasteiger partial charge >= 0.3 is 0 Å². The molecule has 0 saturated heterocycles. The minimum absolute atomic E-state index is 0.739. The highest BCUT2D eigenvalue weighted by Crippen LogP contribution is 2.40. The molecular formula is C18H16N2. The Labute approximate surface area is 118 Å². The molecule has 98 valence electrons. The normalized spacial score (nSPS) is 10.8. The summed E-state index contributed by atoms with van der Waals surface area (Å²) in [5.74, 6) is 0. The van der Waals surface area contributed by atoms with Gasteiger partial charge in [0.25, 0.3) is 0 Å². The van der Waals surface area contributed by atoms with E-state index in [1.807, 2.05) is 36.4 Å². The van der Waals surface area contributed by atoms with E-state index < -0.39 is 0 Å². The molecule has 0 bridgehead atoms. The molecule has 2 heteroatoms. The summed E-state index contributed by atoms with van der Waals surface area (Å²) in [7, 11) is 0. The fourth-order valence-corrected chi connectivity index (χ4v) is 2.80. The number of fused-ring (bicyclic) bond motifs is 2. The fraction of sp³-hybridized carbons (Fsp3) is 0. The van der Waals surface area contributed by atoms with Crippen LogP contribution >= 0.6 is 0 Å². The molecule has 3 aromatic carbocycles. The van der Waals surface area contributed by atoms with E-state index in [1.165, 1.54) is 0 Å². The van der Waals surface area contributed by atoms with Crippen molar-refractivity contribution in [3.05, 3.63) is 60.7 Å². The first-order valence-electron chi connectivity index (χ1n) is 6.46. The van der Waals surface area contributed by atoms with E-state index in [4.69, 9.17) is 11.5 Å². The van der Waals surface area contributed by atoms with Gasteiger partial charge in [-0.1, -0.05) is 61.7 Å².